The Hall–Kier alpha value is -2.43. The molecule has 110 valence electrons. The lowest BCUT2D eigenvalue weighted by Gasteiger charge is -2.08. The van der Waals surface area contributed by atoms with Crippen LogP contribution in [-0.2, 0) is 6.42 Å². The number of halogens is 2. The van der Waals surface area contributed by atoms with Gasteiger partial charge in [0.25, 0.3) is 5.91 Å². The molecule has 0 aliphatic carbocycles. The molecule has 2 rings (SSSR count). The highest BCUT2D eigenvalue weighted by Crippen LogP contribution is 2.17. The summed E-state index contributed by atoms with van der Waals surface area (Å²) in [6.45, 7) is 1.81. The summed E-state index contributed by atoms with van der Waals surface area (Å²) in [5.74, 6) is -1.26. The van der Waals surface area contributed by atoms with Crippen molar-refractivity contribution in [2.75, 3.05) is 12.3 Å². The number of carbonyl (C=O) groups is 1. The third-order valence-corrected chi connectivity index (χ3v) is 3.28. The molecule has 0 spiro atoms. The standard InChI is InChI=1S/C16H16F2N2O/c1-10-14(18)8-12(9-15(10)19)16(21)20-7-6-11-4-2-3-5-13(11)17/h2-5,8-9H,6-7,19H2,1H3,(H,20,21). The van der Waals surface area contributed by atoms with Gasteiger partial charge in [0.2, 0.25) is 0 Å². The second kappa shape index (κ2) is 6.35. The third kappa shape index (κ3) is 3.56. The largest absolute Gasteiger partial charge is 0.398 e. The van der Waals surface area contributed by atoms with E-state index in [4.69, 9.17) is 5.73 Å². The van der Waals surface area contributed by atoms with E-state index in [0.717, 1.165) is 6.07 Å². The molecule has 0 bridgehead atoms. The van der Waals surface area contributed by atoms with E-state index in [-0.39, 0.29) is 23.6 Å². The molecule has 21 heavy (non-hydrogen) atoms. The Balaban J connectivity index is 1.98. The van der Waals surface area contributed by atoms with Gasteiger partial charge in [0.15, 0.2) is 0 Å². The molecule has 0 radical (unpaired) electrons. The van der Waals surface area contributed by atoms with E-state index in [2.05, 4.69) is 5.32 Å². The molecule has 0 aliphatic rings. The Kier molecular flexibility index (Phi) is 4.52. The lowest BCUT2D eigenvalue weighted by Crippen LogP contribution is -2.26. The van der Waals surface area contributed by atoms with Gasteiger partial charge in [-0.15, -0.1) is 0 Å². The van der Waals surface area contributed by atoms with E-state index in [1.807, 2.05) is 0 Å². The minimum atomic E-state index is -0.519. The number of nitrogens with two attached hydrogens (primary N) is 1. The van der Waals surface area contributed by atoms with Gasteiger partial charge in [0.05, 0.1) is 0 Å². The third-order valence-electron chi connectivity index (χ3n) is 3.28. The molecule has 0 aromatic heterocycles. The number of anilines is 1. The highest BCUT2D eigenvalue weighted by atomic mass is 19.1. The summed E-state index contributed by atoms with van der Waals surface area (Å²) in [5, 5.41) is 2.62. The number of rotatable bonds is 4. The average molecular weight is 290 g/mol. The van der Waals surface area contributed by atoms with Gasteiger partial charge < -0.3 is 11.1 Å². The second-order valence-corrected chi connectivity index (χ2v) is 4.77. The van der Waals surface area contributed by atoms with Crippen molar-refractivity contribution in [1.82, 2.24) is 5.32 Å². The molecule has 0 atom stereocenters. The molecule has 0 saturated carbocycles. The molecule has 2 aromatic carbocycles. The molecule has 3 N–H and O–H groups in total. The molecule has 0 saturated heterocycles. The van der Waals surface area contributed by atoms with Crippen LogP contribution in [0.15, 0.2) is 36.4 Å². The van der Waals surface area contributed by atoms with E-state index in [1.165, 1.54) is 12.1 Å². The predicted molar refractivity (Wildman–Crippen MR) is 78.0 cm³/mol. The molecule has 5 heteroatoms. The molecular weight excluding hydrogens is 274 g/mol. The fraction of sp³-hybridized carbons (Fsp3) is 0.188. The van der Waals surface area contributed by atoms with Crippen molar-refractivity contribution in [3.05, 3.63) is 64.7 Å². The van der Waals surface area contributed by atoms with Crippen molar-refractivity contribution in [3.8, 4) is 0 Å². The van der Waals surface area contributed by atoms with E-state index < -0.39 is 11.7 Å². The molecule has 0 heterocycles. The molecular formula is C16H16F2N2O. The number of hydrogen-bond donors (Lipinski definition) is 2. The van der Waals surface area contributed by atoms with Gasteiger partial charge in [-0.05, 0) is 37.1 Å². The van der Waals surface area contributed by atoms with Gasteiger partial charge in [-0.2, -0.15) is 0 Å². The average Bonchev–Trinajstić information content (AvgIpc) is 2.46. The van der Waals surface area contributed by atoms with Crippen LogP contribution >= 0.6 is 0 Å². The topological polar surface area (TPSA) is 55.1 Å². The minimum absolute atomic E-state index is 0.157. The first-order chi connectivity index (χ1) is 9.99. The van der Waals surface area contributed by atoms with Crippen LogP contribution in [0.4, 0.5) is 14.5 Å². The lowest BCUT2D eigenvalue weighted by molar-refractivity contribution is 0.0953. The minimum Gasteiger partial charge on any atom is -0.398 e. The van der Waals surface area contributed by atoms with Crippen LogP contribution in [0.5, 0.6) is 0 Å². The van der Waals surface area contributed by atoms with Crippen LogP contribution < -0.4 is 11.1 Å². The number of amides is 1. The summed E-state index contributed by atoms with van der Waals surface area (Å²) in [6, 6.07) is 8.94. The summed E-state index contributed by atoms with van der Waals surface area (Å²) in [6.07, 6.45) is 0.363. The van der Waals surface area contributed by atoms with Crippen LogP contribution in [0, 0.1) is 18.6 Å². The van der Waals surface area contributed by atoms with Crippen LogP contribution in [0.3, 0.4) is 0 Å². The first-order valence-corrected chi connectivity index (χ1v) is 6.56. The second-order valence-electron chi connectivity index (χ2n) is 4.77. The maximum Gasteiger partial charge on any atom is 0.251 e. The van der Waals surface area contributed by atoms with E-state index in [9.17, 15) is 13.6 Å². The SMILES string of the molecule is Cc1c(N)cc(C(=O)NCCc2ccccc2F)cc1F. The van der Waals surface area contributed by atoms with Crippen molar-refractivity contribution in [2.24, 2.45) is 0 Å². The Morgan fingerprint density at radius 1 is 1.19 bits per heavy atom. The maximum absolute atomic E-state index is 13.5. The predicted octanol–water partition coefficient (Wildman–Crippen LogP) is 2.83. The first kappa shape index (κ1) is 15.0. The van der Waals surface area contributed by atoms with E-state index >= 15 is 0 Å². The number of nitrogen functional groups attached to an aromatic ring is 1. The van der Waals surface area contributed by atoms with Crippen molar-refractivity contribution in [2.45, 2.75) is 13.3 Å². The number of hydrogen-bond acceptors (Lipinski definition) is 2. The van der Waals surface area contributed by atoms with Gasteiger partial charge >= 0.3 is 0 Å². The normalized spacial score (nSPS) is 10.4. The fourth-order valence-corrected chi connectivity index (χ4v) is 1.95. The van der Waals surface area contributed by atoms with Crippen molar-refractivity contribution in [1.29, 1.82) is 0 Å². The van der Waals surface area contributed by atoms with Crippen molar-refractivity contribution >= 4 is 11.6 Å². The number of benzene rings is 2. The number of carbonyl (C=O) groups excluding carboxylic acids is 1. The molecule has 0 unspecified atom stereocenters. The molecule has 0 fully saturated rings. The van der Waals surface area contributed by atoms with Crippen LogP contribution in [-0.4, -0.2) is 12.5 Å². The maximum atomic E-state index is 13.5. The zero-order chi connectivity index (χ0) is 15.4. The monoisotopic (exact) mass is 290 g/mol. The summed E-state index contributed by atoms with van der Waals surface area (Å²) >= 11 is 0. The summed E-state index contributed by atoms with van der Waals surface area (Å²) in [7, 11) is 0. The highest BCUT2D eigenvalue weighted by molar-refractivity contribution is 5.95. The quantitative estimate of drug-likeness (QED) is 0.851. The van der Waals surface area contributed by atoms with Gasteiger partial charge in [-0.25, -0.2) is 8.78 Å². The highest BCUT2D eigenvalue weighted by Gasteiger charge is 2.11. The molecule has 3 nitrogen and oxygen atoms in total. The smallest absolute Gasteiger partial charge is 0.251 e. The molecule has 1 amide bonds. The molecule has 0 aliphatic heterocycles. The Labute approximate surface area is 121 Å². The fourth-order valence-electron chi connectivity index (χ4n) is 1.95. The van der Waals surface area contributed by atoms with Crippen molar-refractivity contribution < 1.29 is 13.6 Å². The van der Waals surface area contributed by atoms with Crippen LogP contribution in [0.2, 0.25) is 0 Å². The van der Waals surface area contributed by atoms with Crippen molar-refractivity contribution in [3.63, 3.8) is 0 Å². The first-order valence-electron chi connectivity index (χ1n) is 6.56. The zero-order valence-electron chi connectivity index (χ0n) is 11.6. The Morgan fingerprint density at radius 3 is 2.57 bits per heavy atom. The van der Waals surface area contributed by atoms with Gasteiger partial charge in [-0.1, -0.05) is 18.2 Å². The summed E-state index contributed by atoms with van der Waals surface area (Å²) < 4.78 is 26.9. The molecule has 2 aromatic rings. The van der Waals surface area contributed by atoms with Crippen LogP contribution in [0.1, 0.15) is 21.5 Å². The Morgan fingerprint density at radius 2 is 1.90 bits per heavy atom. The number of nitrogens with one attached hydrogen (secondary N) is 1. The summed E-state index contributed by atoms with van der Waals surface area (Å²) in [4.78, 5) is 11.9. The van der Waals surface area contributed by atoms with Gasteiger partial charge in [0, 0.05) is 23.4 Å². The van der Waals surface area contributed by atoms with Gasteiger partial charge in [0.1, 0.15) is 11.6 Å². The van der Waals surface area contributed by atoms with Crippen LogP contribution in [0.25, 0.3) is 0 Å². The van der Waals surface area contributed by atoms with E-state index in [0.29, 0.717) is 17.5 Å². The van der Waals surface area contributed by atoms with Gasteiger partial charge in [-0.3, -0.25) is 4.79 Å². The van der Waals surface area contributed by atoms with E-state index in [1.54, 1.807) is 25.1 Å². The lowest BCUT2D eigenvalue weighted by atomic mass is 10.1. The Bertz CT molecular complexity index is 648. The zero-order valence-corrected chi connectivity index (χ0v) is 11.6. The summed E-state index contributed by atoms with van der Waals surface area (Å²) in [5.41, 5.74) is 6.85.